The molecule has 3 rings (SSSR count). The van der Waals surface area contributed by atoms with E-state index in [0.29, 0.717) is 11.4 Å². The summed E-state index contributed by atoms with van der Waals surface area (Å²) in [5.41, 5.74) is 1.88. The molecule has 0 spiro atoms. The third-order valence-electron chi connectivity index (χ3n) is 3.57. The molecule has 2 N–H and O–H groups in total. The predicted molar refractivity (Wildman–Crippen MR) is 92.5 cm³/mol. The molecule has 0 radical (unpaired) electrons. The summed E-state index contributed by atoms with van der Waals surface area (Å²) in [4.78, 5) is 10.9. The highest BCUT2D eigenvalue weighted by Crippen LogP contribution is 2.20. The van der Waals surface area contributed by atoms with Gasteiger partial charge in [-0.1, -0.05) is 12.1 Å². The van der Waals surface area contributed by atoms with Gasteiger partial charge in [-0.2, -0.15) is 5.10 Å². The maximum Gasteiger partial charge on any atom is 0.335 e. The number of hydrogen-bond acceptors (Lipinski definition) is 4. The zero-order chi connectivity index (χ0) is 18.0. The van der Waals surface area contributed by atoms with Gasteiger partial charge in [0.2, 0.25) is 0 Å². The molecule has 0 aliphatic carbocycles. The Balaban J connectivity index is 1.93. The van der Waals surface area contributed by atoms with Gasteiger partial charge in [0, 0.05) is 11.9 Å². The van der Waals surface area contributed by atoms with Gasteiger partial charge in [0.25, 0.3) is 10.0 Å². The van der Waals surface area contributed by atoms with Gasteiger partial charge in [-0.15, -0.1) is 0 Å². The van der Waals surface area contributed by atoms with Crippen molar-refractivity contribution in [2.75, 3.05) is 4.72 Å². The molecule has 0 fully saturated rings. The second-order valence-electron chi connectivity index (χ2n) is 5.37. The summed E-state index contributed by atoms with van der Waals surface area (Å²) in [5.74, 6) is -1.19. The molecule has 0 atom stereocenters. The van der Waals surface area contributed by atoms with E-state index in [0.717, 1.165) is 11.8 Å². The molecule has 0 amide bonds. The summed E-state index contributed by atoms with van der Waals surface area (Å²) < 4.78 is 29.2. The lowest BCUT2D eigenvalue weighted by Gasteiger charge is -2.11. The van der Waals surface area contributed by atoms with E-state index in [1.54, 1.807) is 29.1 Å². The lowest BCUT2D eigenvalue weighted by Crippen LogP contribution is -2.14. The zero-order valence-electron chi connectivity index (χ0n) is 13.2. The Morgan fingerprint density at radius 2 is 1.88 bits per heavy atom. The fourth-order valence-corrected chi connectivity index (χ4v) is 3.45. The van der Waals surface area contributed by atoms with Crippen LogP contribution in [0, 0.1) is 6.92 Å². The van der Waals surface area contributed by atoms with E-state index in [2.05, 4.69) is 9.82 Å². The second kappa shape index (κ2) is 6.40. The molecular formula is C17H15N3O4S. The lowest BCUT2D eigenvalue weighted by atomic mass is 10.2. The van der Waals surface area contributed by atoms with Crippen molar-refractivity contribution in [1.82, 2.24) is 9.78 Å². The largest absolute Gasteiger partial charge is 0.478 e. The monoisotopic (exact) mass is 357 g/mol. The van der Waals surface area contributed by atoms with Crippen molar-refractivity contribution in [3.8, 4) is 5.69 Å². The van der Waals surface area contributed by atoms with Crippen molar-refractivity contribution >= 4 is 21.7 Å². The van der Waals surface area contributed by atoms with Gasteiger partial charge in [-0.3, -0.25) is 4.72 Å². The number of hydrogen-bond donors (Lipinski definition) is 2. The number of carboxylic acids is 1. The van der Waals surface area contributed by atoms with Crippen molar-refractivity contribution in [2.45, 2.75) is 11.8 Å². The van der Waals surface area contributed by atoms with Crippen LogP contribution >= 0.6 is 0 Å². The van der Waals surface area contributed by atoms with Gasteiger partial charge in [0.1, 0.15) is 0 Å². The number of aromatic carboxylic acids is 1. The van der Waals surface area contributed by atoms with Crippen LogP contribution in [0.4, 0.5) is 5.69 Å². The van der Waals surface area contributed by atoms with E-state index in [1.807, 2.05) is 19.1 Å². The second-order valence-corrected chi connectivity index (χ2v) is 7.06. The Kier molecular flexibility index (Phi) is 4.28. The summed E-state index contributed by atoms with van der Waals surface area (Å²) in [5, 5.41) is 13.2. The Hall–Kier alpha value is -3.13. The topological polar surface area (TPSA) is 101 Å². The predicted octanol–water partition coefficient (Wildman–Crippen LogP) is 2.68. The number of nitrogens with zero attached hydrogens (tertiary/aromatic N) is 2. The van der Waals surface area contributed by atoms with E-state index in [9.17, 15) is 13.2 Å². The summed E-state index contributed by atoms with van der Waals surface area (Å²) in [6.07, 6.45) is 1.66. The molecule has 3 aromatic rings. The number of carboxylic acid groups (broad SMARTS) is 1. The Morgan fingerprint density at radius 3 is 2.56 bits per heavy atom. The summed E-state index contributed by atoms with van der Waals surface area (Å²) in [6, 6.07) is 13.8. The standard InChI is InChI=1S/C17H15N3O4S/c1-12-8-9-18-20(12)15-6-3-5-14(11-15)19-25(23,24)16-7-2-4-13(10-16)17(21)22/h2-11,19H,1H3,(H,21,22). The van der Waals surface area contributed by atoms with Gasteiger partial charge in [-0.25, -0.2) is 17.9 Å². The Bertz CT molecular complexity index is 1040. The molecule has 7 nitrogen and oxygen atoms in total. The first-order valence-electron chi connectivity index (χ1n) is 7.34. The maximum absolute atomic E-state index is 12.5. The lowest BCUT2D eigenvalue weighted by molar-refractivity contribution is 0.0696. The molecule has 0 saturated carbocycles. The molecule has 0 saturated heterocycles. The molecule has 8 heteroatoms. The quantitative estimate of drug-likeness (QED) is 0.731. The first kappa shape index (κ1) is 16.7. The van der Waals surface area contributed by atoms with E-state index in [4.69, 9.17) is 5.11 Å². The minimum atomic E-state index is -3.91. The van der Waals surface area contributed by atoms with E-state index >= 15 is 0 Å². The summed E-state index contributed by atoms with van der Waals surface area (Å²) in [6.45, 7) is 1.89. The van der Waals surface area contributed by atoms with Crippen molar-refractivity contribution in [3.63, 3.8) is 0 Å². The van der Waals surface area contributed by atoms with Crippen LogP contribution < -0.4 is 4.72 Å². The van der Waals surface area contributed by atoms with Crippen molar-refractivity contribution in [3.05, 3.63) is 72.1 Å². The highest BCUT2D eigenvalue weighted by molar-refractivity contribution is 7.92. The van der Waals surface area contributed by atoms with Crippen LogP contribution in [0.15, 0.2) is 65.7 Å². The fourth-order valence-electron chi connectivity index (χ4n) is 2.35. The first-order valence-corrected chi connectivity index (χ1v) is 8.82. The van der Waals surface area contributed by atoms with Gasteiger partial charge >= 0.3 is 5.97 Å². The molecule has 0 bridgehead atoms. The van der Waals surface area contributed by atoms with Crippen molar-refractivity contribution in [2.24, 2.45) is 0 Å². The van der Waals surface area contributed by atoms with Gasteiger partial charge < -0.3 is 5.11 Å². The number of aryl methyl sites for hydroxylation is 1. The summed E-state index contributed by atoms with van der Waals surface area (Å²) in [7, 11) is -3.91. The van der Waals surface area contributed by atoms with Crippen molar-refractivity contribution < 1.29 is 18.3 Å². The van der Waals surface area contributed by atoms with E-state index < -0.39 is 16.0 Å². The molecule has 2 aromatic carbocycles. The van der Waals surface area contributed by atoms with Crippen molar-refractivity contribution in [1.29, 1.82) is 0 Å². The van der Waals surface area contributed by atoms with Gasteiger partial charge in [0.05, 0.1) is 21.8 Å². The molecular weight excluding hydrogens is 342 g/mol. The Morgan fingerprint density at radius 1 is 1.12 bits per heavy atom. The average molecular weight is 357 g/mol. The van der Waals surface area contributed by atoms with E-state index in [1.165, 1.54) is 18.2 Å². The average Bonchev–Trinajstić information content (AvgIpc) is 3.01. The summed E-state index contributed by atoms with van der Waals surface area (Å²) >= 11 is 0. The van der Waals surface area contributed by atoms with Crippen LogP contribution in [-0.4, -0.2) is 29.3 Å². The molecule has 0 aliphatic rings. The third kappa shape index (κ3) is 3.53. The fraction of sp³-hybridized carbons (Fsp3) is 0.0588. The number of rotatable bonds is 5. The number of benzene rings is 2. The highest BCUT2D eigenvalue weighted by atomic mass is 32.2. The SMILES string of the molecule is Cc1ccnn1-c1cccc(NS(=O)(=O)c2cccc(C(=O)O)c2)c1. The van der Waals surface area contributed by atoms with Crippen LogP contribution in [-0.2, 0) is 10.0 Å². The number of aromatic nitrogens is 2. The third-order valence-corrected chi connectivity index (χ3v) is 4.95. The number of sulfonamides is 1. The molecule has 0 aliphatic heterocycles. The molecule has 1 aromatic heterocycles. The minimum absolute atomic E-state index is 0.0937. The number of carbonyl (C=O) groups is 1. The number of nitrogens with one attached hydrogen (secondary N) is 1. The number of anilines is 1. The molecule has 1 heterocycles. The van der Waals surface area contributed by atoms with Crippen LogP contribution in [0.2, 0.25) is 0 Å². The minimum Gasteiger partial charge on any atom is -0.478 e. The first-order chi connectivity index (χ1) is 11.9. The van der Waals surface area contributed by atoms with E-state index in [-0.39, 0.29) is 10.5 Å². The van der Waals surface area contributed by atoms with Gasteiger partial charge in [-0.05, 0) is 49.4 Å². The van der Waals surface area contributed by atoms with Crippen LogP contribution in [0.25, 0.3) is 5.69 Å². The van der Waals surface area contributed by atoms with Crippen LogP contribution in [0.3, 0.4) is 0 Å². The Labute approximate surface area is 144 Å². The van der Waals surface area contributed by atoms with Gasteiger partial charge in [0.15, 0.2) is 0 Å². The van der Waals surface area contributed by atoms with Crippen LogP contribution in [0.1, 0.15) is 16.1 Å². The van der Waals surface area contributed by atoms with Crippen LogP contribution in [0.5, 0.6) is 0 Å². The zero-order valence-corrected chi connectivity index (χ0v) is 14.1. The smallest absolute Gasteiger partial charge is 0.335 e. The molecule has 0 unspecified atom stereocenters. The maximum atomic E-state index is 12.5. The molecule has 25 heavy (non-hydrogen) atoms. The highest BCUT2D eigenvalue weighted by Gasteiger charge is 2.16. The molecule has 128 valence electrons. The normalized spacial score (nSPS) is 11.2.